The van der Waals surface area contributed by atoms with Gasteiger partial charge in [-0.3, -0.25) is 10.1 Å². The monoisotopic (exact) mass is 354 g/mol. The van der Waals surface area contributed by atoms with Crippen LogP contribution in [0.5, 0.6) is 0 Å². The van der Waals surface area contributed by atoms with Gasteiger partial charge >= 0.3 is 0 Å². The second kappa shape index (κ2) is 5.93. The van der Waals surface area contributed by atoms with Gasteiger partial charge in [-0.2, -0.15) is 0 Å². The van der Waals surface area contributed by atoms with Gasteiger partial charge in [0.2, 0.25) is 0 Å². The molecule has 0 aliphatic heterocycles. The minimum Gasteiger partial charge on any atom is -0.377 e. The quantitative estimate of drug-likeness (QED) is 0.605. The molecule has 0 spiro atoms. The van der Waals surface area contributed by atoms with E-state index in [2.05, 4.69) is 28.2 Å². The van der Waals surface area contributed by atoms with Crippen molar-refractivity contribution in [2.75, 3.05) is 5.32 Å². The van der Waals surface area contributed by atoms with Gasteiger partial charge in [0, 0.05) is 26.7 Å². The van der Waals surface area contributed by atoms with E-state index in [4.69, 9.17) is 0 Å². The van der Waals surface area contributed by atoms with Crippen LogP contribution in [0.25, 0.3) is 0 Å². The van der Waals surface area contributed by atoms with Crippen molar-refractivity contribution < 1.29 is 4.92 Å². The topological polar surface area (TPSA) is 55.2 Å². The molecule has 1 aromatic carbocycles. The average Bonchev–Trinajstić information content (AvgIpc) is 2.79. The Bertz CT molecular complexity index is 655. The molecule has 0 bridgehead atoms. The van der Waals surface area contributed by atoms with Crippen molar-refractivity contribution in [1.82, 2.24) is 0 Å². The lowest BCUT2D eigenvalue weighted by Crippen LogP contribution is -2.07. The Morgan fingerprint density at radius 2 is 2.05 bits per heavy atom. The highest BCUT2D eigenvalue weighted by molar-refractivity contribution is 9.10. The van der Waals surface area contributed by atoms with Crippen LogP contribution in [0, 0.1) is 24.0 Å². The molecule has 0 fully saturated rings. The lowest BCUT2D eigenvalue weighted by molar-refractivity contribution is -0.385. The largest absolute Gasteiger partial charge is 0.377 e. The van der Waals surface area contributed by atoms with Gasteiger partial charge < -0.3 is 5.32 Å². The molecule has 2 aromatic rings. The molecule has 1 N–H and O–H groups in total. The molecule has 1 heterocycles. The summed E-state index contributed by atoms with van der Waals surface area (Å²) in [5, 5.41) is 16.4. The number of aryl methyl sites for hydroxylation is 2. The fourth-order valence-corrected chi connectivity index (χ4v) is 3.79. The van der Waals surface area contributed by atoms with Gasteiger partial charge in [-0.15, -0.1) is 11.3 Å². The first-order valence-electron chi connectivity index (χ1n) is 6.15. The second-order valence-corrected chi connectivity index (χ2v) is 6.51. The summed E-state index contributed by atoms with van der Waals surface area (Å²) in [6.07, 6.45) is 0. The van der Waals surface area contributed by atoms with Gasteiger partial charge in [0.15, 0.2) is 0 Å². The third kappa shape index (κ3) is 3.02. The molecular weight excluding hydrogens is 340 g/mol. The molecule has 1 atom stereocenters. The number of rotatable bonds is 4. The van der Waals surface area contributed by atoms with Crippen LogP contribution in [0.4, 0.5) is 11.4 Å². The zero-order valence-electron chi connectivity index (χ0n) is 11.4. The number of anilines is 1. The van der Waals surface area contributed by atoms with Crippen molar-refractivity contribution in [3.05, 3.63) is 54.2 Å². The number of thiophene rings is 1. The van der Waals surface area contributed by atoms with E-state index in [1.807, 2.05) is 24.4 Å². The SMILES string of the molecule is Cc1cc([N+](=O)[O-])c(C)cc1NC(C)c1sccc1Br. The van der Waals surface area contributed by atoms with Crippen LogP contribution in [-0.4, -0.2) is 4.92 Å². The Labute approximate surface area is 130 Å². The number of benzene rings is 1. The third-order valence-electron chi connectivity index (χ3n) is 3.15. The first kappa shape index (κ1) is 15.0. The summed E-state index contributed by atoms with van der Waals surface area (Å²) < 4.78 is 1.08. The fraction of sp³-hybridized carbons (Fsp3) is 0.286. The van der Waals surface area contributed by atoms with Crippen LogP contribution in [-0.2, 0) is 0 Å². The summed E-state index contributed by atoms with van der Waals surface area (Å²) in [5.74, 6) is 0. The second-order valence-electron chi connectivity index (χ2n) is 4.71. The van der Waals surface area contributed by atoms with Gasteiger partial charge in [0.05, 0.1) is 11.0 Å². The van der Waals surface area contributed by atoms with Crippen molar-refractivity contribution in [3.63, 3.8) is 0 Å². The van der Waals surface area contributed by atoms with Gasteiger partial charge in [0.1, 0.15) is 0 Å². The number of nitrogens with zero attached hydrogens (tertiary/aromatic N) is 1. The molecule has 0 saturated carbocycles. The maximum absolute atomic E-state index is 10.9. The average molecular weight is 355 g/mol. The molecule has 2 rings (SSSR count). The molecule has 0 aliphatic carbocycles. The van der Waals surface area contributed by atoms with E-state index >= 15 is 0 Å². The Morgan fingerprint density at radius 1 is 1.35 bits per heavy atom. The van der Waals surface area contributed by atoms with Crippen LogP contribution in [0.2, 0.25) is 0 Å². The van der Waals surface area contributed by atoms with Crippen molar-refractivity contribution >= 4 is 38.6 Å². The molecule has 0 amide bonds. The fourth-order valence-electron chi connectivity index (χ4n) is 2.07. The number of nitro benzene ring substituents is 1. The maximum atomic E-state index is 10.9. The van der Waals surface area contributed by atoms with E-state index in [1.165, 1.54) is 4.88 Å². The standard InChI is InChI=1S/C14H15BrN2O2S/c1-8-7-13(17(18)19)9(2)6-12(8)16-10(3)14-11(15)4-5-20-14/h4-7,10,16H,1-3H3. The molecule has 106 valence electrons. The minimum atomic E-state index is -0.342. The van der Waals surface area contributed by atoms with E-state index < -0.39 is 0 Å². The molecule has 0 aliphatic rings. The van der Waals surface area contributed by atoms with Crippen LogP contribution in [0.15, 0.2) is 28.1 Å². The predicted octanol–water partition coefficient (Wildman–Crippen LogP) is 5.21. The summed E-state index contributed by atoms with van der Waals surface area (Å²) >= 11 is 5.20. The van der Waals surface area contributed by atoms with E-state index in [0.717, 1.165) is 15.7 Å². The summed E-state index contributed by atoms with van der Waals surface area (Å²) in [4.78, 5) is 11.8. The summed E-state index contributed by atoms with van der Waals surface area (Å²) in [7, 11) is 0. The smallest absolute Gasteiger partial charge is 0.272 e. The maximum Gasteiger partial charge on any atom is 0.272 e. The Balaban J connectivity index is 2.28. The molecule has 6 heteroatoms. The predicted molar refractivity (Wildman–Crippen MR) is 86.6 cm³/mol. The number of halogens is 1. The summed E-state index contributed by atoms with van der Waals surface area (Å²) in [6, 6.07) is 5.62. The van der Waals surface area contributed by atoms with Crippen molar-refractivity contribution in [1.29, 1.82) is 0 Å². The summed E-state index contributed by atoms with van der Waals surface area (Å²) in [6.45, 7) is 5.71. The minimum absolute atomic E-state index is 0.143. The van der Waals surface area contributed by atoms with Crippen LogP contribution >= 0.6 is 27.3 Å². The van der Waals surface area contributed by atoms with E-state index in [9.17, 15) is 10.1 Å². The molecule has 4 nitrogen and oxygen atoms in total. The molecule has 20 heavy (non-hydrogen) atoms. The van der Waals surface area contributed by atoms with Crippen molar-refractivity contribution in [2.45, 2.75) is 26.8 Å². The lowest BCUT2D eigenvalue weighted by atomic mass is 10.1. The van der Waals surface area contributed by atoms with Crippen LogP contribution in [0.1, 0.15) is 29.0 Å². The van der Waals surface area contributed by atoms with Gasteiger partial charge in [-0.25, -0.2) is 0 Å². The lowest BCUT2D eigenvalue weighted by Gasteiger charge is -2.17. The molecule has 0 saturated heterocycles. The Hall–Kier alpha value is -1.40. The molecule has 1 unspecified atom stereocenters. The van der Waals surface area contributed by atoms with Crippen molar-refractivity contribution in [2.24, 2.45) is 0 Å². The molecule has 0 radical (unpaired) electrons. The van der Waals surface area contributed by atoms with E-state index in [1.54, 1.807) is 24.3 Å². The van der Waals surface area contributed by atoms with Crippen LogP contribution in [0.3, 0.4) is 0 Å². The summed E-state index contributed by atoms with van der Waals surface area (Å²) in [5.41, 5.74) is 2.64. The molecular formula is C14H15BrN2O2S. The number of nitrogens with one attached hydrogen (secondary N) is 1. The Morgan fingerprint density at radius 3 is 2.60 bits per heavy atom. The first-order chi connectivity index (χ1) is 9.40. The Kier molecular flexibility index (Phi) is 4.45. The van der Waals surface area contributed by atoms with E-state index in [-0.39, 0.29) is 16.7 Å². The van der Waals surface area contributed by atoms with Gasteiger partial charge in [0.25, 0.3) is 5.69 Å². The normalized spacial score (nSPS) is 12.2. The van der Waals surface area contributed by atoms with Crippen LogP contribution < -0.4 is 5.32 Å². The number of hydrogen-bond donors (Lipinski definition) is 1. The first-order valence-corrected chi connectivity index (χ1v) is 7.82. The highest BCUT2D eigenvalue weighted by Gasteiger charge is 2.16. The third-order valence-corrected chi connectivity index (χ3v) is 5.20. The zero-order valence-corrected chi connectivity index (χ0v) is 13.8. The molecule has 1 aromatic heterocycles. The van der Waals surface area contributed by atoms with E-state index in [0.29, 0.717) is 5.56 Å². The van der Waals surface area contributed by atoms with Crippen molar-refractivity contribution in [3.8, 4) is 0 Å². The number of nitro groups is 1. The van der Waals surface area contributed by atoms with Gasteiger partial charge in [-0.05, 0) is 59.8 Å². The zero-order chi connectivity index (χ0) is 14.9. The number of hydrogen-bond acceptors (Lipinski definition) is 4. The van der Waals surface area contributed by atoms with Gasteiger partial charge in [-0.1, -0.05) is 0 Å². The highest BCUT2D eigenvalue weighted by Crippen LogP contribution is 2.33. The highest BCUT2D eigenvalue weighted by atomic mass is 79.9.